The Hall–Kier alpha value is -3.47. The summed E-state index contributed by atoms with van der Waals surface area (Å²) in [6, 6.07) is 20.7. The first kappa shape index (κ1) is 15.1. The first-order valence-corrected chi connectivity index (χ1v) is 7.90. The molecule has 0 fully saturated rings. The molecule has 0 atom stereocenters. The van der Waals surface area contributed by atoms with Crippen LogP contribution in [0, 0.1) is 0 Å². The quantitative estimate of drug-likeness (QED) is 0.610. The van der Waals surface area contributed by atoms with Crippen LogP contribution in [0.5, 0.6) is 5.75 Å². The number of aromatic nitrogens is 3. The van der Waals surface area contributed by atoms with E-state index in [9.17, 15) is 5.11 Å². The second-order valence-electron chi connectivity index (χ2n) is 5.66. The van der Waals surface area contributed by atoms with Gasteiger partial charge in [-0.15, -0.1) is 0 Å². The summed E-state index contributed by atoms with van der Waals surface area (Å²) in [6.07, 6.45) is 2.32. The van der Waals surface area contributed by atoms with Crippen molar-refractivity contribution in [3.63, 3.8) is 0 Å². The third-order valence-electron chi connectivity index (χ3n) is 3.83. The van der Waals surface area contributed by atoms with E-state index in [-0.39, 0.29) is 5.75 Å². The summed E-state index contributed by atoms with van der Waals surface area (Å²) in [5, 5.41) is 13.6. The summed E-state index contributed by atoms with van der Waals surface area (Å²) in [6.45, 7) is 0. The van der Waals surface area contributed by atoms with Gasteiger partial charge in [-0.3, -0.25) is 4.98 Å². The Morgan fingerprint density at radius 1 is 0.880 bits per heavy atom. The summed E-state index contributed by atoms with van der Waals surface area (Å²) in [7, 11) is 0. The van der Waals surface area contributed by atoms with E-state index in [1.54, 1.807) is 24.4 Å². The van der Waals surface area contributed by atoms with Crippen molar-refractivity contribution >= 4 is 0 Å². The lowest BCUT2D eigenvalue weighted by Gasteiger charge is -2.02. The van der Waals surface area contributed by atoms with E-state index in [0.29, 0.717) is 18.1 Å². The van der Waals surface area contributed by atoms with Crippen molar-refractivity contribution in [1.29, 1.82) is 0 Å². The summed E-state index contributed by atoms with van der Waals surface area (Å²) >= 11 is 0. The zero-order chi connectivity index (χ0) is 17.1. The fourth-order valence-electron chi connectivity index (χ4n) is 2.58. The molecule has 5 nitrogen and oxygen atoms in total. The first-order chi connectivity index (χ1) is 12.3. The van der Waals surface area contributed by atoms with Crippen molar-refractivity contribution in [2.24, 2.45) is 0 Å². The summed E-state index contributed by atoms with van der Waals surface area (Å²) in [5.74, 6) is 1.30. The summed E-state index contributed by atoms with van der Waals surface area (Å²) in [5.41, 5.74) is 3.51. The van der Waals surface area contributed by atoms with Gasteiger partial charge in [0.2, 0.25) is 0 Å². The van der Waals surface area contributed by atoms with E-state index in [4.69, 9.17) is 4.52 Å². The second-order valence-corrected chi connectivity index (χ2v) is 5.66. The van der Waals surface area contributed by atoms with Crippen LogP contribution in [0.1, 0.15) is 11.4 Å². The maximum Gasteiger partial charge on any atom is 0.259 e. The van der Waals surface area contributed by atoms with Gasteiger partial charge in [0, 0.05) is 18.2 Å². The largest absolute Gasteiger partial charge is 0.508 e. The smallest absolute Gasteiger partial charge is 0.259 e. The third kappa shape index (κ3) is 3.40. The molecule has 0 aliphatic rings. The average Bonchev–Trinajstić information content (AvgIpc) is 3.11. The highest BCUT2D eigenvalue weighted by Crippen LogP contribution is 2.24. The molecule has 5 heteroatoms. The van der Waals surface area contributed by atoms with E-state index in [2.05, 4.69) is 15.1 Å². The number of rotatable bonds is 4. The number of phenolic OH excluding ortho intramolecular Hbond substituents is 1. The number of benzene rings is 2. The predicted octanol–water partition coefficient (Wildman–Crippen LogP) is 4.10. The number of phenols is 1. The van der Waals surface area contributed by atoms with Gasteiger partial charge in [0.15, 0.2) is 5.82 Å². The van der Waals surface area contributed by atoms with E-state index in [1.807, 2.05) is 48.5 Å². The summed E-state index contributed by atoms with van der Waals surface area (Å²) < 4.78 is 5.35. The van der Waals surface area contributed by atoms with Crippen LogP contribution >= 0.6 is 0 Å². The minimum atomic E-state index is 0.214. The minimum Gasteiger partial charge on any atom is -0.508 e. The molecule has 122 valence electrons. The van der Waals surface area contributed by atoms with Gasteiger partial charge in [0.25, 0.3) is 5.89 Å². The van der Waals surface area contributed by atoms with Gasteiger partial charge in [-0.05, 0) is 29.8 Å². The minimum absolute atomic E-state index is 0.214. The van der Waals surface area contributed by atoms with Crippen LogP contribution in [0.25, 0.3) is 22.7 Å². The summed E-state index contributed by atoms with van der Waals surface area (Å²) in [4.78, 5) is 8.86. The molecule has 0 spiro atoms. The molecule has 2 aromatic heterocycles. The van der Waals surface area contributed by atoms with Crippen molar-refractivity contribution in [3.8, 4) is 28.5 Å². The predicted molar refractivity (Wildman–Crippen MR) is 93.9 cm³/mol. The highest BCUT2D eigenvalue weighted by Gasteiger charge is 2.10. The maximum atomic E-state index is 9.57. The molecule has 2 aromatic carbocycles. The Kier molecular flexibility index (Phi) is 3.96. The Morgan fingerprint density at radius 2 is 1.76 bits per heavy atom. The van der Waals surface area contributed by atoms with Crippen molar-refractivity contribution < 1.29 is 9.63 Å². The van der Waals surface area contributed by atoms with Crippen LogP contribution in [0.2, 0.25) is 0 Å². The van der Waals surface area contributed by atoms with Crippen LogP contribution in [0.3, 0.4) is 0 Å². The zero-order valence-corrected chi connectivity index (χ0v) is 13.3. The number of aromatic hydroxyl groups is 1. The number of hydrogen-bond donors (Lipinski definition) is 1. The van der Waals surface area contributed by atoms with Crippen LogP contribution in [0.4, 0.5) is 0 Å². The Labute approximate surface area is 144 Å². The third-order valence-corrected chi connectivity index (χ3v) is 3.83. The van der Waals surface area contributed by atoms with Gasteiger partial charge >= 0.3 is 0 Å². The highest BCUT2D eigenvalue weighted by molar-refractivity contribution is 5.63. The molecular formula is C20H15N3O2. The lowest BCUT2D eigenvalue weighted by molar-refractivity contribution is 0.424. The van der Waals surface area contributed by atoms with E-state index < -0.39 is 0 Å². The van der Waals surface area contributed by atoms with E-state index in [1.165, 1.54) is 0 Å². The van der Waals surface area contributed by atoms with Crippen LogP contribution in [-0.2, 0) is 6.42 Å². The fourth-order valence-corrected chi connectivity index (χ4v) is 2.58. The van der Waals surface area contributed by atoms with Gasteiger partial charge < -0.3 is 9.63 Å². The normalized spacial score (nSPS) is 10.7. The highest BCUT2D eigenvalue weighted by atomic mass is 16.5. The molecule has 0 aliphatic carbocycles. The monoisotopic (exact) mass is 329 g/mol. The molecule has 0 saturated heterocycles. The fraction of sp³-hybridized carbons (Fsp3) is 0.0500. The molecule has 0 bridgehead atoms. The average molecular weight is 329 g/mol. The maximum absolute atomic E-state index is 9.57. The molecule has 0 radical (unpaired) electrons. The molecule has 4 aromatic rings. The van der Waals surface area contributed by atoms with Crippen LogP contribution in [0.15, 0.2) is 77.4 Å². The molecule has 4 rings (SSSR count). The van der Waals surface area contributed by atoms with Crippen LogP contribution in [-0.4, -0.2) is 20.2 Å². The lowest BCUT2D eigenvalue weighted by Crippen LogP contribution is -1.90. The first-order valence-electron chi connectivity index (χ1n) is 7.90. The van der Waals surface area contributed by atoms with Crippen molar-refractivity contribution in [3.05, 3.63) is 84.3 Å². The molecule has 0 saturated carbocycles. The van der Waals surface area contributed by atoms with Crippen molar-refractivity contribution in [2.75, 3.05) is 0 Å². The second kappa shape index (κ2) is 6.57. The van der Waals surface area contributed by atoms with Gasteiger partial charge in [-0.25, -0.2) is 0 Å². The van der Waals surface area contributed by atoms with Crippen molar-refractivity contribution in [2.45, 2.75) is 6.42 Å². The SMILES string of the molecule is Oc1cccc(-c2ccc(-c3nc(Cc4ccccc4)no3)cn2)c1. The molecular weight excluding hydrogens is 314 g/mol. The van der Waals surface area contributed by atoms with Crippen LogP contribution < -0.4 is 0 Å². The lowest BCUT2D eigenvalue weighted by atomic mass is 10.1. The Morgan fingerprint density at radius 3 is 2.52 bits per heavy atom. The number of nitrogens with zero attached hydrogens (tertiary/aromatic N) is 3. The van der Waals surface area contributed by atoms with Gasteiger partial charge in [-0.2, -0.15) is 4.98 Å². The molecule has 0 amide bonds. The molecule has 0 unspecified atom stereocenters. The Bertz CT molecular complexity index is 979. The standard InChI is InChI=1S/C20H15N3O2/c24-17-8-4-7-15(12-17)18-10-9-16(13-21-18)20-22-19(23-25-20)11-14-5-2-1-3-6-14/h1-10,12-13,24H,11H2. The number of pyridine rings is 1. The van der Waals surface area contributed by atoms with Crippen molar-refractivity contribution in [1.82, 2.24) is 15.1 Å². The number of hydrogen-bond acceptors (Lipinski definition) is 5. The molecule has 0 aliphatic heterocycles. The van der Waals surface area contributed by atoms with E-state index >= 15 is 0 Å². The van der Waals surface area contributed by atoms with Gasteiger partial charge in [-0.1, -0.05) is 47.6 Å². The molecule has 1 N–H and O–H groups in total. The Balaban J connectivity index is 1.54. The van der Waals surface area contributed by atoms with E-state index in [0.717, 1.165) is 22.4 Å². The topological polar surface area (TPSA) is 72.0 Å². The van der Waals surface area contributed by atoms with Gasteiger partial charge in [0.1, 0.15) is 5.75 Å². The van der Waals surface area contributed by atoms with Gasteiger partial charge in [0.05, 0.1) is 11.3 Å². The zero-order valence-electron chi connectivity index (χ0n) is 13.3. The molecule has 2 heterocycles. The molecule has 25 heavy (non-hydrogen) atoms.